The number of thiazole rings is 1. The number of benzene rings is 1. The molecule has 21 heavy (non-hydrogen) atoms. The van der Waals surface area contributed by atoms with E-state index >= 15 is 0 Å². The van der Waals surface area contributed by atoms with Crippen LogP contribution in [0.5, 0.6) is 0 Å². The van der Waals surface area contributed by atoms with E-state index in [0.717, 1.165) is 25.9 Å². The van der Waals surface area contributed by atoms with E-state index in [0.29, 0.717) is 5.92 Å². The van der Waals surface area contributed by atoms with E-state index in [9.17, 15) is 0 Å². The first-order chi connectivity index (χ1) is 10.3. The Hall–Kier alpha value is -1.19. The van der Waals surface area contributed by atoms with Crippen molar-refractivity contribution in [2.45, 2.75) is 52.0 Å². The molecule has 1 aromatic carbocycles. The lowest BCUT2D eigenvalue weighted by molar-refractivity contribution is 0.580. The van der Waals surface area contributed by atoms with Gasteiger partial charge < -0.3 is 5.32 Å². The molecule has 2 nitrogen and oxygen atoms in total. The highest BCUT2D eigenvalue weighted by atomic mass is 32.1. The first-order valence-corrected chi connectivity index (χ1v) is 8.89. The lowest BCUT2D eigenvalue weighted by atomic mass is 9.84. The zero-order valence-corrected chi connectivity index (χ0v) is 13.8. The Morgan fingerprint density at radius 1 is 1.24 bits per heavy atom. The van der Waals surface area contributed by atoms with Crippen LogP contribution in [0.4, 0.5) is 0 Å². The number of fused-ring (bicyclic) bond motifs is 1. The van der Waals surface area contributed by atoms with Gasteiger partial charge in [0, 0.05) is 17.3 Å². The van der Waals surface area contributed by atoms with Crippen molar-refractivity contribution in [1.29, 1.82) is 0 Å². The van der Waals surface area contributed by atoms with Crippen molar-refractivity contribution in [3.05, 3.63) is 51.0 Å². The fourth-order valence-electron chi connectivity index (χ4n) is 3.14. The van der Waals surface area contributed by atoms with Gasteiger partial charge in [-0.3, -0.25) is 0 Å². The summed E-state index contributed by atoms with van der Waals surface area (Å²) in [7, 11) is 0. The van der Waals surface area contributed by atoms with Crippen molar-refractivity contribution >= 4 is 11.3 Å². The molecule has 3 heteroatoms. The highest BCUT2D eigenvalue weighted by Crippen LogP contribution is 2.35. The van der Waals surface area contributed by atoms with Crippen molar-refractivity contribution in [2.24, 2.45) is 0 Å². The first-order valence-electron chi connectivity index (χ1n) is 8.07. The van der Waals surface area contributed by atoms with Gasteiger partial charge in [-0.2, -0.15) is 0 Å². The molecule has 0 spiro atoms. The summed E-state index contributed by atoms with van der Waals surface area (Å²) in [5.74, 6) is 0.616. The highest BCUT2D eigenvalue weighted by molar-refractivity contribution is 7.11. The second-order valence-corrected chi connectivity index (χ2v) is 6.88. The second-order valence-electron chi connectivity index (χ2n) is 5.76. The molecule has 0 amide bonds. The van der Waals surface area contributed by atoms with Gasteiger partial charge in [0.15, 0.2) is 0 Å². The molecule has 0 saturated heterocycles. The number of aromatic nitrogens is 1. The predicted octanol–water partition coefficient (Wildman–Crippen LogP) is 4.09. The molecule has 1 heterocycles. The molecule has 2 aromatic rings. The van der Waals surface area contributed by atoms with Crippen molar-refractivity contribution < 1.29 is 0 Å². The van der Waals surface area contributed by atoms with Crippen molar-refractivity contribution in [3.63, 3.8) is 0 Å². The minimum atomic E-state index is 0.616. The monoisotopic (exact) mass is 300 g/mol. The molecule has 1 N–H and O–H groups in total. The summed E-state index contributed by atoms with van der Waals surface area (Å²) < 4.78 is 0. The molecule has 0 aliphatic heterocycles. The summed E-state index contributed by atoms with van der Waals surface area (Å²) in [6.07, 6.45) is 4.65. The van der Waals surface area contributed by atoms with Gasteiger partial charge in [-0.1, -0.05) is 38.1 Å². The van der Waals surface area contributed by atoms with Crippen molar-refractivity contribution in [3.8, 4) is 0 Å². The summed E-state index contributed by atoms with van der Waals surface area (Å²) in [6.45, 7) is 6.37. The zero-order chi connectivity index (χ0) is 14.7. The predicted molar refractivity (Wildman–Crippen MR) is 90.1 cm³/mol. The minimum Gasteiger partial charge on any atom is -0.312 e. The van der Waals surface area contributed by atoms with Crippen LogP contribution in [-0.2, 0) is 25.8 Å². The van der Waals surface area contributed by atoms with Gasteiger partial charge in [-0.15, -0.1) is 11.3 Å². The second kappa shape index (κ2) is 6.71. The van der Waals surface area contributed by atoms with Gasteiger partial charge >= 0.3 is 0 Å². The Labute approximate surface area is 131 Å². The molecule has 0 saturated carbocycles. The molecular formula is C18H24N2S. The smallest absolute Gasteiger partial charge is 0.0965 e. The van der Waals surface area contributed by atoms with Crippen LogP contribution >= 0.6 is 11.3 Å². The van der Waals surface area contributed by atoms with Gasteiger partial charge in [0.1, 0.15) is 0 Å². The standard InChI is InChI=1S/C18H24N2S/c1-3-16-17(12-19-4-2)21-18(20-16)15-10-9-13-7-5-6-8-14(13)11-15/h5-8,15,19H,3-4,9-12H2,1-2H3. The Bertz CT molecular complexity index is 603. The quantitative estimate of drug-likeness (QED) is 0.899. The molecule has 1 unspecified atom stereocenters. The Morgan fingerprint density at radius 3 is 2.81 bits per heavy atom. The molecule has 112 valence electrons. The number of hydrogen-bond acceptors (Lipinski definition) is 3. The summed E-state index contributed by atoms with van der Waals surface area (Å²) in [6, 6.07) is 8.89. The molecule has 0 bridgehead atoms. The van der Waals surface area contributed by atoms with E-state index < -0.39 is 0 Å². The topological polar surface area (TPSA) is 24.9 Å². The van der Waals surface area contributed by atoms with Crippen molar-refractivity contribution in [1.82, 2.24) is 10.3 Å². The molecule has 0 fully saturated rings. The molecule has 0 radical (unpaired) electrons. The fourth-order valence-corrected chi connectivity index (χ4v) is 4.40. The fraction of sp³-hybridized carbons (Fsp3) is 0.500. The number of rotatable bonds is 5. The van der Waals surface area contributed by atoms with Crippen LogP contribution in [0, 0.1) is 0 Å². The van der Waals surface area contributed by atoms with Crippen LogP contribution in [0.2, 0.25) is 0 Å². The Morgan fingerprint density at radius 2 is 2.05 bits per heavy atom. The Balaban J connectivity index is 1.80. The highest BCUT2D eigenvalue weighted by Gasteiger charge is 2.23. The maximum atomic E-state index is 4.96. The number of hydrogen-bond donors (Lipinski definition) is 1. The SMILES string of the molecule is CCNCc1sc(C2CCc3ccccc3C2)nc1CC. The van der Waals surface area contributed by atoms with Gasteiger partial charge in [0.2, 0.25) is 0 Å². The molecule has 1 aliphatic carbocycles. The molecule has 1 atom stereocenters. The van der Waals surface area contributed by atoms with Crippen LogP contribution in [0.15, 0.2) is 24.3 Å². The van der Waals surface area contributed by atoms with Crippen LogP contribution in [0.3, 0.4) is 0 Å². The third-order valence-corrected chi connectivity index (χ3v) is 5.62. The van der Waals surface area contributed by atoms with Gasteiger partial charge in [-0.05, 0) is 43.4 Å². The summed E-state index contributed by atoms with van der Waals surface area (Å²) in [5.41, 5.74) is 4.36. The van der Waals surface area contributed by atoms with Gasteiger partial charge in [0.05, 0.1) is 10.7 Å². The number of nitrogens with one attached hydrogen (secondary N) is 1. The maximum absolute atomic E-state index is 4.96. The maximum Gasteiger partial charge on any atom is 0.0965 e. The first kappa shape index (κ1) is 14.7. The summed E-state index contributed by atoms with van der Waals surface area (Å²) >= 11 is 1.93. The summed E-state index contributed by atoms with van der Waals surface area (Å²) in [5, 5.41) is 4.80. The van der Waals surface area contributed by atoms with E-state index in [1.807, 2.05) is 11.3 Å². The van der Waals surface area contributed by atoms with E-state index in [-0.39, 0.29) is 0 Å². The minimum absolute atomic E-state index is 0.616. The summed E-state index contributed by atoms with van der Waals surface area (Å²) in [4.78, 5) is 6.39. The van der Waals surface area contributed by atoms with Crippen LogP contribution < -0.4 is 5.32 Å². The number of aryl methyl sites for hydroxylation is 2. The van der Waals surface area contributed by atoms with E-state index in [4.69, 9.17) is 4.98 Å². The Kier molecular flexibility index (Phi) is 4.71. The third kappa shape index (κ3) is 3.19. The van der Waals surface area contributed by atoms with Gasteiger partial charge in [0.25, 0.3) is 0 Å². The lowest BCUT2D eigenvalue weighted by Gasteiger charge is -2.22. The van der Waals surface area contributed by atoms with E-state index in [1.165, 1.54) is 39.5 Å². The van der Waals surface area contributed by atoms with Crippen LogP contribution in [-0.4, -0.2) is 11.5 Å². The van der Waals surface area contributed by atoms with Crippen LogP contribution in [0.1, 0.15) is 52.9 Å². The molecular weight excluding hydrogens is 276 g/mol. The lowest BCUT2D eigenvalue weighted by Crippen LogP contribution is -2.12. The van der Waals surface area contributed by atoms with E-state index in [2.05, 4.69) is 43.4 Å². The van der Waals surface area contributed by atoms with Crippen molar-refractivity contribution in [2.75, 3.05) is 6.54 Å². The molecule has 1 aromatic heterocycles. The average molecular weight is 300 g/mol. The zero-order valence-electron chi connectivity index (χ0n) is 13.0. The average Bonchev–Trinajstić information content (AvgIpc) is 2.95. The van der Waals surface area contributed by atoms with Crippen LogP contribution in [0.25, 0.3) is 0 Å². The molecule has 1 aliphatic rings. The third-order valence-electron chi connectivity index (χ3n) is 4.36. The van der Waals surface area contributed by atoms with E-state index in [1.54, 1.807) is 0 Å². The van der Waals surface area contributed by atoms with Gasteiger partial charge in [-0.25, -0.2) is 4.98 Å². The normalized spacial score (nSPS) is 17.7. The number of nitrogens with zero attached hydrogens (tertiary/aromatic N) is 1. The molecule has 3 rings (SSSR count). The largest absolute Gasteiger partial charge is 0.312 e.